The first-order valence-corrected chi connectivity index (χ1v) is 9.56. The molecule has 0 N–H and O–H groups in total. The van der Waals surface area contributed by atoms with Gasteiger partial charge in [0.15, 0.2) is 0 Å². The van der Waals surface area contributed by atoms with E-state index in [1.54, 1.807) is 0 Å². The molecule has 2 heteroatoms. The lowest BCUT2D eigenvalue weighted by molar-refractivity contribution is 0.697. The molecule has 3 aromatic carbocycles. The van der Waals surface area contributed by atoms with Crippen LogP contribution in [-0.2, 0) is 6.54 Å². The normalized spacial score (nSPS) is 10.8. The van der Waals surface area contributed by atoms with Gasteiger partial charge in [-0.2, -0.15) is 5.10 Å². The zero-order valence-corrected chi connectivity index (χ0v) is 16.4. The predicted octanol–water partition coefficient (Wildman–Crippen LogP) is 6.53. The molecule has 138 valence electrons. The highest BCUT2D eigenvalue weighted by molar-refractivity contribution is 5.69. The first kappa shape index (κ1) is 18.0. The minimum atomic E-state index is 0.729. The van der Waals surface area contributed by atoms with Crippen LogP contribution >= 0.6 is 0 Å². The van der Waals surface area contributed by atoms with E-state index in [1.165, 1.54) is 22.3 Å². The second-order valence-corrected chi connectivity index (χ2v) is 7.25. The summed E-state index contributed by atoms with van der Waals surface area (Å²) in [6.07, 6.45) is 1.87. The van der Waals surface area contributed by atoms with E-state index in [-0.39, 0.29) is 0 Å². The molecule has 0 aliphatic rings. The zero-order valence-electron chi connectivity index (χ0n) is 16.4. The van der Waals surface area contributed by atoms with Crippen LogP contribution in [0.4, 0.5) is 0 Å². The van der Waals surface area contributed by atoms with Crippen LogP contribution in [0, 0.1) is 13.8 Å². The highest BCUT2D eigenvalue weighted by Gasteiger charge is 2.12. The van der Waals surface area contributed by atoms with Gasteiger partial charge < -0.3 is 0 Å². The van der Waals surface area contributed by atoms with Gasteiger partial charge in [-0.15, -0.1) is 0 Å². The van der Waals surface area contributed by atoms with Crippen LogP contribution in [0.1, 0.15) is 22.3 Å². The molecule has 0 amide bonds. The highest BCUT2D eigenvalue weighted by atomic mass is 15.3. The van der Waals surface area contributed by atoms with Crippen molar-refractivity contribution in [1.82, 2.24) is 9.78 Å². The van der Waals surface area contributed by atoms with Gasteiger partial charge in [0.2, 0.25) is 0 Å². The Hall–Kier alpha value is -3.39. The highest BCUT2D eigenvalue weighted by Crippen LogP contribution is 2.27. The fourth-order valence-corrected chi connectivity index (χ4v) is 3.29. The SMILES string of the molecule is C=Cc1ccc(Cn2nc(-c3ccc(C)cc3)cc2-c2ccc(C)cc2)cc1. The van der Waals surface area contributed by atoms with Crippen molar-refractivity contribution in [1.29, 1.82) is 0 Å². The number of aromatic nitrogens is 2. The third kappa shape index (κ3) is 3.81. The minimum absolute atomic E-state index is 0.729. The molecule has 0 spiro atoms. The molecule has 4 aromatic rings. The summed E-state index contributed by atoms with van der Waals surface area (Å²) < 4.78 is 2.10. The summed E-state index contributed by atoms with van der Waals surface area (Å²) in [4.78, 5) is 0. The van der Waals surface area contributed by atoms with E-state index in [0.29, 0.717) is 0 Å². The maximum atomic E-state index is 4.94. The van der Waals surface area contributed by atoms with E-state index in [2.05, 4.69) is 104 Å². The standard InChI is InChI=1S/C26H24N2/c1-4-21-9-11-22(12-10-21)18-28-26(24-15-7-20(3)8-16-24)17-25(27-28)23-13-5-19(2)6-14-23/h4-17H,1,18H2,2-3H3. The van der Waals surface area contributed by atoms with Crippen molar-refractivity contribution in [2.24, 2.45) is 0 Å². The van der Waals surface area contributed by atoms with Gasteiger partial charge in [0, 0.05) is 5.56 Å². The van der Waals surface area contributed by atoms with Crippen LogP contribution in [0.25, 0.3) is 28.6 Å². The molecule has 0 aliphatic heterocycles. The fraction of sp³-hybridized carbons (Fsp3) is 0.115. The Balaban J connectivity index is 1.76. The number of rotatable bonds is 5. The Bertz CT molecular complexity index is 1080. The maximum Gasteiger partial charge on any atom is 0.0929 e. The Labute approximate surface area is 166 Å². The molecule has 1 heterocycles. The molecule has 0 saturated heterocycles. The van der Waals surface area contributed by atoms with Crippen LogP contribution in [0.3, 0.4) is 0 Å². The fourth-order valence-electron chi connectivity index (χ4n) is 3.29. The molecular formula is C26H24N2. The van der Waals surface area contributed by atoms with E-state index in [9.17, 15) is 0 Å². The van der Waals surface area contributed by atoms with Crippen LogP contribution in [-0.4, -0.2) is 9.78 Å². The third-order valence-electron chi connectivity index (χ3n) is 5.02. The summed E-state index contributed by atoms with van der Waals surface area (Å²) in [5.41, 5.74) is 9.30. The van der Waals surface area contributed by atoms with E-state index in [4.69, 9.17) is 5.10 Å². The number of benzene rings is 3. The van der Waals surface area contributed by atoms with Gasteiger partial charge in [-0.1, -0.05) is 96.6 Å². The minimum Gasteiger partial charge on any atom is -0.260 e. The zero-order chi connectivity index (χ0) is 19.5. The summed E-state index contributed by atoms with van der Waals surface area (Å²) in [7, 11) is 0. The number of aryl methyl sites for hydroxylation is 2. The number of hydrogen-bond donors (Lipinski definition) is 0. The van der Waals surface area contributed by atoms with Gasteiger partial charge in [-0.25, -0.2) is 0 Å². The molecule has 0 unspecified atom stereocenters. The molecule has 0 bridgehead atoms. The van der Waals surface area contributed by atoms with Gasteiger partial charge >= 0.3 is 0 Å². The van der Waals surface area contributed by atoms with E-state index in [0.717, 1.165) is 29.1 Å². The molecule has 0 atom stereocenters. The maximum absolute atomic E-state index is 4.94. The van der Waals surface area contributed by atoms with Crippen molar-refractivity contribution in [3.63, 3.8) is 0 Å². The monoisotopic (exact) mass is 364 g/mol. The Morgan fingerprint density at radius 2 is 1.36 bits per heavy atom. The number of nitrogens with zero attached hydrogens (tertiary/aromatic N) is 2. The van der Waals surface area contributed by atoms with Gasteiger partial charge in [0.05, 0.1) is 17.9 Å². The van der Waals surface area contributed by atoms with Gasteiger partial charge in [0.25, 0.3) is 0 Å². The average Bonchev–Trinajstić information content (AvgIpc) is 3.13. The van der Waals surface area contributed by atoms with Gasteiger partial charge in [0.1, 0.15) is 0 Å². The molecule has 28 heavy (non-hydrogen) atoms. The van der Waals surface area contributed by atoms with Crippen molar-refractivity contribution in [3.8, 4) is 22.5 Å². The van der Waals surface area contributed by atoms with Crippen molar-refractivity contribution in [2.75, 3.05) is 0 Å². The largest absolute Gasteiger partial charge is 0.260 e. The smallest absolute Gasteiger partial charge is 0.0929 e. The lowest BCUT2D eigenvalue weighted by Crippen LogP contribution is -2.04. The predicted molar refractivity (Wildman–Crippen MR) is 118 cm³/mol. The van der Waals surface area contributed by atoms with Crippen molar-refractivity contribution < 1.29 is 0 Å². The summed E-state index contributed by atoms with van der Waals surface area (Å²) >= 11 is 0. The Kier molecular flexibility index (Phi) is 4.94. The summed E-state index contributed by atoms with van der Waals surface area (Å²) in [5, 5.41) is 4.94. The molecule has 2 nitrogen and oxygen atoms in total. The third-order valence-corrected chi connectivity index (χ3v) is 5.02. The van der Waals surface area contributed by atoms with Crippen LogP contribution in [0.2, 0.25) is 0 Å². The van der Waals surface area contributed by atoms with E-state index >= 15 is 0 Å². The Morgan fingerprint density at radius 1 is 0.786 bits per heavy atom. The first-order chi connectivity index (χ1) is 13.6. The molecule has 4 rings (SSSR count). The Morgan fingerprint density at radius 3 is 1.93 bits per heavy atom. The molecule has 0 radical (unpaired) electrons. The van der Waals surface area contributed by atoms with Crippen LogP contribution in [0.5, 0.6) is 0 Å². The average molecular weight is 364 g/mol. The molecular weight excluding hydrogens is 340 g/mol. The second-order valence-electron chi connectivity index (χ2n) is 7.25. The number of hydrogen-bond acceptors (Lipinski definition) is 1. The first-order valence-electron chi connectivity index (χ1n) is 9.56. The van der Waals surface area contributed by atoms with Crippen molar-refractivity contribution >= 4 is 6.08 Å². The second kappa shape index (κ2) is 7.69. The van der Waals surface area contributed by atoms with Gasteiger partial charge in [-0.3, -0.25) is 4.68 Å². The van der Waals surface area contributed by atoms with E-state index < -0.39 is 0 Å². The van der Waals surface area contributed by atoms with Gasteiger partial charge in [-0.05, 0) is 36.6 Å². The topological polar surface area (TPSA) is 17.8 Å². The summed E-state index contributed by atoms with van der Waals surface area (Å²) in [6.45, 7) is 8.77. The van der Waals surface area contributed by atoms with Crippen LogP contribution in [0.15, 0.2) is 85.4 Å². The van der Waals surface area contributed by atoms with Crippen molar-refractivity contribution in [3.05, 3.63) is 108 Å². The summed E-state index contributed by atoms with van der Waals surface area (Å²) in [5.74, 6) is 0. The summed E-state index contributed by atoms with van der Waals surface area (Å²) in [6, 6.07) is 27.8. The molecule has 0 aliphatic carbocycles. The lowest BCUT2D eigenvalue weighted by atomic mass is 10.1. The molecule has 0 fully saturated rings. The molecule has 1 aromatic heterocycles. The quantitative estimate of drug-likeness (QED) is 0.394. The lowest BCUT2D eigenvalue weighted by Gasteiger charge is -2.08. The van der Waals surface area contributed by atoms with E-state index in [1.807, 2.05) is 6.08 Å². The molecule has 0 saturated carbocycles. The van der Waals surface area contributed by atoms with Crippen LogP contribution < -0.4 is 0 Å². The van der Waals surface area contributed by atoms with Crippen molar-refractivity contribution in [2.45, 2.75) is 20.4 Å².